The lowest BCUT2D eigenvalue weighted by molar-refractivity contribution is 0.318. The third-order valence-electron chi connectivity index (χ3n) is 1.53. The molecule has 0 fully saturated rings. The van der Waals surface area contributed by atoms with E-state index < -0.39 is 0 Å². The van der Waals surface area contributed by atoms with Crippen LogP contribution in [0.15, 0.2) is 23.4 Å². The first-order valence-corrected chi connectivity index (χ1v) is 3.71. The van der Waals surface area contributed by atoms with E-state index >= 15 is 0 Å². The van der Waals surface area contributed by atoms with Crippen LogP contribution in [0.2, 0.25) is 5.02 Å². The highest BCUT2D eigenvalue weighted by Crippen LogP contribution is 2.27. The van der Waals surface area contributed by atoms with Crippen LogP contribution in [0.1, 0.15) is 12.5 Å². The van der Waals surface area contributed by atoms with Crippen LogP contribution in [0.3, 0.4) is 0 Å². The number of para-hydroxylation sites is 1. The topological polar surface area (TPSA) is 52.8 Å². The summed E-state index contributed by atoms with van der Waals surface area (Å²) in [6.45, 7) is 1.57. The fraction of sp³-hybridized carbons (Fsp3) is 0.125. The van der Waals surface area contributed by atoms with Gasteiger partial charge in [0.05, 0.1) is 10.7 Å². The summed E-state index contributed by atoms with van der Waals surface area (Å²) in [5.74, 6) is -0.0607. The Morgan fingerprint density at radius 2 is 2.17 bits per heavy atom. The maximum atomic E-state index is 9.38. The number of phenolic OH excluding ortho intramolecular Hbond substituents is 1. The van der Waals surface area contributed by atoms with Gasteiger partial charge in [-0.1, -0.05) is 22.8 Å². The van der Waals surface area contributed by atoms with Crippen molar-refractivity contribution < 1.29 is 10.3 Å². The number of halogens is 1. The first-order valence-electron chi connectivity index (χ1n) is 3.33. The van der Waals surface area contributed by atoms with E-state index in [2.05, 4.69) is 5.16 Å². The molecule has 3 nitrogen and oxygen atoms in total. The van der Waals surface area contributed by atoms with Gasteiger partial charge in [-0.25, -0.2) is 0 Å². The molecule has 0 aliphatic rings. The Morgan fingerprint density at radius 3 is 2.75 bits per heavy atom. The molecule has 0 unspecified atom stereocenters. The molecule has 64 valence electrons. The summed E-state index contributed by atoms with van der Waals surface area (Å²) >= 11 is 5.63. The first kappa shape index (κ1) is 8.87. The molecule has 0 aliphatic heterocycles. The van der Waals surface area contributed by atoms with Crippen LogP contribution < -0.4 is 0 Å². The van der Waals surface area contributed by atoms with E-state index in [0.29, 0.717) is 11.3 Å². The SMILES string of the molecule is CC(=NO)c1cccc(Cl)c1O. The molecule has 1 rings (SSSR count). The molecule has 2 N–H and O–H groups in total. The Balaban J connectivity index is 3.26. The third kappa shape index (κ3) is 1.51. The highest BCUT2D eigenvalue weighted by Gasteiger charge is 2.07. The summed E-state index contributed by atoms with van der Waals surface area (Å²) in [6, 6.07) is 4.85. The second kappa shape index (κ2) is 3.45. The van der Waals surface area contributed by atoms with Crippen molar-refractivity contribution in [2.75, 3.05) is 0 Å². The molecule has 0 spiro atoms. The number of benzene rings is 1. The summed E-state index contributed by atoms with van der Waals surface area (Å²) in [4.78, 5) is 0. The Bertz CT molecular complexity index is 323. The van der Waals surface area contributed by atoms with Gasteiger partial charge < -0.3 is 10.3 Å². The maximum Gasteiger partial charge on any atom is 0.143 e. The zero-order valence-corrected chi connectivity index (χ0v) is 7.21. The van der Waals surface area contributed by atoms with Crippen molar-refractivity contribution in [2.24, 2.45) is 5.16 Å². The molecule has 0 aliphatic carbocycles. The molecule has 0 bridgehead atoms. The van der Waals surface area contributed by atoms with E-state index in [1.54, 1.807) is 25.1 Å². The van der Waals surface area contributed by atoms with E-state index in [4.69, 9.17) is 16.8 Å². The molecule has 0 heterocycles. The largest absolute Gasteiger partial charge is 0.506 e. The Hall–Kier alpha value is -1.22. The van der Waals surface area contributed by atoms with Crippen molar-refractivity contribution in [3.05, 3.63) is 28.8 Å². The van der Waals surface area contributed by atoms with Crippen LogP contribution in [0.25, 0.3) is 0 Å². The lowest BCUT2D eigenvalue weighted by Gasteiger charge is -2.02. The second-order valence-electron chi connectivity index (χ2n) is 2.32. The molecule has 1 aromatic rings. The minimum Gasteiger partial charge on any atom is -0.506 e. The molecule has 0 radical (unpaired) electrons. The van der Waals surface area contributed by atoms with Crippen LogP contribution in [0.5, 0.6) is 5.75 Å². The Kier molecular flexibility index (Phi) is 2.55. The van der Waals surface area contributed by atoms with Crippen LogP contribution in [0, 0.1) is 0 Å². The first-order chi connectivity index (χ1) is 5.66. The smallest absolute Gasteiger partial charge is 0.143 e. The van der Waals surface area contributed by atoms with Gasteiger partial charge in [0, 0.05) is 5.56 Å². The predicted octanol–water partition coefficient (Wildman–Crippen LogP) is 2.24. The van der Waals surface area contributed by atoms with E-state index in [0.717, 1.165) is 0 Å². The number of aromatic hydroxyl groups is 1. The van der Waals surface area contributed by atoms with E-state index in [-0.39, 0.29) is 10.8 Å². The van der Waals surface area contributed by atoms with Crippen molar-refractivity contribution in [3.8, 4) is 5.75 Å². The fourth-order valence-corrected chi connectivity index (χ4v) is 1.04. The van der Waals surface area contributed by atoms with Gasteiger partial charge in [0.25, 0.3) is 0 Å². The van der Waals surface area contributed by atoms with Crippen molar-refractivity contribution in [3.63, 3.8) is 0 Å². The minimum atomic E-state index is -0.0607. The quantitative estimate of drug-likeness (QED) is 0.401. The van der Waals surface area contributed by atoms with Crippen LogP contribution in [0.4, 0.5) is 0 Å². The maximum absolute atomic E-state index is 9.38. The molecular weight excluding hydrogens is 178 g/mol. The van der Waals surface area contributed by atoms with E-state index in [1.807, 2.05) is 0 Å². The van der Waals surface area contributed by atoms with Crippen LogP contribution >= 0.6 is 11.6 Å². The van der Waals surface area contributed by atoms with Gasteiger partial charge in [0.2, 0.25) is 0 Å². The summed E-state index contributed by atoms with van der Waals surface area (Å²) in [5.41, 5.74) is 0.764. The number of nitrogens with zero attached hydrogens (tertiary/aromatic N) is 1. The van der Waals surface area contributed by atoms with Crippen LogP contribution in [-0.2, 0) is 0 Å². The molecule has 0 saturated carbocycles. The lowest BCUT2D eigenvalue weighted by Crippen LogP contribution is -1.94. The lowest BCUT2D eigenvalue weighted by atomic mass is 10.1. The molecule has 12 heavy (non-hydrogen) atoms. The number of oxime groups is 1. The Morgan fingerprint density at radius 1 is 1.50 bits per heavy atom. The van der Waals surface area contributed by atoms with Gasteiger partial charge in [0.15, 0.2) is 0 Å². The summed E-state index contributed by atoms with van der Waals surface area (Å²) in [7, 11) is 0. The number of hydrogen-bond acceptors (Lipinski definition) is 3. The molecule has 4 heteroatoms. The summed E-state index contributed by atoms with van der Waals surface area (Å²) < 4.78 is 0. The average Bonchev–Trinajstić information content (AvgIpc) is 2.08. The molecule has 0 amide bonds. The fourth-order valence-electron chi connectivity index (χ4n) is 0.861. The molecule has 0 atom stereocenters. The van der Waals surface area contributed by atoms with Crippen LogP contribution in [-0.4, -0.2) is 16.0 Å². The molecule has 0 aromatic heterocycles. The standard InChI is InChI=1S/C8H8ClNO2/c1-5(10-12)6-3-2-4-7(9)8(6)11/h2-4,11-12H,1H3. The highest BCUT2D eigenvalue weighted by atomic mass is 35.5. The van der Waals surface area contributed by atoms with E-state index in [1.165, 1.54) is 0 Å². The zero-order chi connectivity index (χ0) is 9.14. The second-order valence-corrected chi connectivity index (χ2v) is 2.73. The minimum absolute atomic E-state index is 0.0607. The third-order valence-corrected chi connectivity index (χ3v) is 1.83. The van der Waals surface area contributed by atoms with E-state index in [9.17, 15) is 5.11 Å². The van der Waals surface area contributed by atoms with Gasteiger partial charge in [-0.3, -0.25) is 0 Å². The summed E-state index contributed by atoms with van der Waals surface area (Å²) in [6.07, 6.45) is 0. The highest BCUT2D eigenvalue weighted by molar-refractivity contribution is 6.32. The number of rotatable bonds is 1. The van der Waals surface area contributed by atoms with Gasteiger partial charge in [-0.2, -0.15) is 0 Å². The Labute approximate surface area is 74.9 Å². The van der Waals surface area contributed by atoms with Gasteiger partial charge in [0.1, 0.15) is 5.75 Å². The summed E-state index contributed by atoms with van der Waals surface area (Å²) in [5, 5.41) is 21.0. The van der Waals surface area contributed by atoms with Crippen molar-refractivity contribution in [1.82, 2.24) is 0 Å². The normalized spacial score (nSPS) is 11.7. The predicted molar refractivity (Wildman–Crippen MR) is 47.1 cm³/mol. The number of hydrogen-bond donors (Lipinski definition) is 2. The average molecular weight is 186 g/mol. The van der Waals surface area contributed by atoms with Crippen molar-refractivity contribution >= 4 is 17.3 Å². The zero-order valence-electron chi connectivity index (χ0n) is 6.45. The van der Waals surface area contributed by atoms with Gasteiger partial charge in [-0.15, -0.1) is 0 Å². The van der Waals surface area contributed by atoms with Gasteiger partial charge >= 0.3 is 0 Å². The number of phenols is 1. The molecular formula is C8H8ClNO2. The monoisotopic (exact) mass is 185 g/mol. The van der Waals surface area contributed by atoms with Gasteiger partial charge in [-0.05, 0) is 19.1 Å². The molecule has 1 aromatic carbocycles. The molecule has 0 saturated heterocycles. The van der Waals surface area contributed by atoms with Crippen molar-refractivity contribution in [1.29, 1.82) is 0 Å². The van der Waals surface area contributed by atoms with Crippen molar-refractivity contribution in [2.45, 2.75) is 6.92 Å².